The van der Waals surface area contributed by atoms with Gasteiger partial charge in [0.15, 0.2) is 0 Å². The molecule has 2 aromatic rings. The Hall–Kier alpha value is -2.36. The van der Waals surface area contributed by atoms with Gasteiger partial charge in [0.25, 0.3) is 0 Å². The van der Waals surface area contributed by atoms with Crippen molar-refractivity contribution in [2.45, 2.75) is 13.8 Å². The van der Waals surface area contributed by atoms with Gasteiger partial charge in [0.05, 0.1) is 0 Å². The van der Waals surface area contributed by atoms with Gasteiger partial charge in [0.2, 0.25) is 0 Å². The summed E-state index contributed by atoms with van der Waals surface area (Å²) in [6.45, 7) is 6.01. The fraction of sp³-hybridized carbons (Fsp3) is 0.333. The second kappa shape index (κ2) is 7.59. The maximum absolute atomic E-state index is 3.47. The zero-order valence-electron chi connectivity index (χ0n) is 13.9. The molecule has 0 aromatic heterocycles. The van der Waals surface area contributed by atoms with E-state index >= 15 is 0 Å². The average Bonchev–Trinajstić information content (AvgIpc) is 2.53. The first kappa shape index (κ1) is 16.0. The van der Waals surface area contributed by atoms with Gasteiger partial charge < -0.3 is 21.3 Å². The molecule has 2 aromatic carbocycles. The molecule has 0 aliphatic rings. The van der Waals surface area contributed by atoms with E-state index in [-0.39, 0.29) is 0 Å². The lowest BCUT2D eigenvalue weighted by Gasteiger charge is -2.14. The third kappa shape index (κ3) is 4.07. The summed E-state index contributed by atoms with van der Waals surface area (Å²) in [7, 11) is 3.88. The largest absolute Gasteiger partial charge is 0.388 e. The summed E-state index contributed by atoms with van der Waals surface area (Å²) in [6, 6.07) is 12.7. The predicted molar refractivity (Wildman–Crippen MR) is 98.4 cm³/mol. The van der Waals surface area contributed by atoms with Gasteiger partial charge in [-0.15, -0.1) is 0 Å². The second-order valence-electron chi connectivity index (χ2n) is 5.41. The summed E-state index contributed by atoms with van der Waals surface area (Å²) in [5.41, 5.74) is 7.15. The lowest BCUT2D eigenvalue weighted by atomic mass is 10.1. The number of nitrogens with one attached hydrogen (secondary N) is 4. The Morgan fingerprint density at radius 3 is 1.41 bits per heavy atom. The summed E-state index contributed by atoms with van der Waals surface area (Å²) in [4.78, 5) is 0. The average molecular weight is 298 g/mol. The summed E-state index contributed by atoms with van der Waals surface area (Å²) < 4.78 is 0. The molecule has 118 valence electrons. The fourth-order valence-electron chi connectivity index (χ4n) is 2.43. The molecule has 0 amide bonds. The number of aryl methyl sites for hydroxylation is 2. The first-order chi connectivity index (χ1) is 10.6. The Morgan fingerprint density at radius 1 is 0.682 bits per heavy atom. The molecule has 0 atom stereocenters. The van der Waals surface area contributed by atoms with Crippen LogP contribution in [0, 0.1) is 13.8 Å². The Bertz CT molecular complexity index is 567. The van der Waals surface area contributed by atoms with Crippen LogP contribution in [0.3, 0.4) is 0 Å². The summed E-state index contributed by atoms with van der Waals surface area (Å²) in [5, 5.41) is 13.3. The van der Waals surface area contributed by atoms with Crippen molar-refractivity contribution in [3.8, 4) is 0 Å². The number of hydrogen-bond donors (Lipinski definition) is 4. The van der Waals surface area contributed by atoms with Crippen molar-refractivity contribution in [1.82, 2.24) is 0 Å². The van der Waals surface area contributed by atoms with E-state index in [0.29, 0.717) is 0 Å². The van der Waals surface area contributed by atoms with E-state index in [0.717, 1.165) is 24.5 Å². The van der Waals surface area contributed by atoms with Crippen LogP contribution in [-0.2, 0) is 0 Å². The number of rotatable bonds is 7. The summed E-state index contributed by atoms with van der Waals surface area (Å²) >= 11 is 0. The van der Waals surface area contributed by atoms with Gasteiger partial charge in [-0.1, -0.05) is 0 Å². The normalized spacial score (nSPS) is 10.2. The molecule has 4 heteroatoms. The predicted octanol–water partition coefficient (Wildman–Crippen LogP) is 3.91. The van der Waals surface area contributed by atoms with Crippen LogP contribution in [0.5, 0.6) is 0 Å². The van der Waals surface area contributed by atoms with E-state index in [9.17, 15) is 0 Å². The Kier molecular flexibility index (Phi) is 5.53. The molecule has 0 aliphatic heterocycles. The maximum Gasteiger partial charge on any atom is 0.0372 e. The molecule has 0 unspecified atom stereocenters. The van der Waals surface area contributed by atoms with Crippen LogP contribution in [0.2, 0.25) is 0 Å². The standard InChI is InChI=1S/C18H26N4/c1-13-11-15(19-3)5-7-17(13)21-9-10-22-18-8-6-16(20-4)12-14(18)2/h5-8,11-12,19-22H,9-10H2,1-4H3. The first-order valence-corrected chi connectivity index (χ1v) is 7.68. The number of hydrogen-bond acceptors (Lipinski definition) is 4. The molecule has 22 heavy (non-hydrogen) atoms. The minimum absolute atomic E-state index is 0.882. The Morgan fingerprint density at radius 2 is 1.09 bits per heavy atom. The topological polar surface area (TPSA) is 48.1 Å². The van der Waals surface area contributed by atoms with Gasteiger partial charge >= 0.3 is 0 Å². The third-order valence-electron chi connectivity index (χ3n) is 3.79. The van der Waals surface area contributed by atoms with Crippen molar-refractivity contribution in [1.29, 1.82) is 0 Å². The Labute approximate surface area is 133 Å². The molecule has 0 heterocycles. The lowest BCUT2D eigenvalue weighted by molar-refractivity contribution is 1.07. The van der Waals surface area contributed by atoms with Crippen molar-refractivity contribution in [2.24, 2.45) is 0 Å². The van der Waals surface area contributed by atoms with E-state index in [2.05, 4.69) is 71.5 Å². The molecule has 4 nitrogen and oxygen atoms in total. The molecule has 0 fully saturated rings. The minimum atomic E-state index is 0.882. The SMILES string of the molecule is CNc1ccc(NCCNc2ccc(NC)cc2C)c(C)c1. The van der Waals surface area contributed by atoms with Crippen molar-refractivity contribution in [3.05, 3.63) is 47.5 Å². The van der Waals surface area contributed by atoms with E-state index in [1.165, 1.54) is 22.5 Å². The maximum atomic E-state index is 3.47. The van der Waals surface area contributed by atoms with Crippen LogP contribution in [0.15, 0.2) is 36.4 Å². The Balaban J connectivity index is 1.84. The van der Waals surface area contributed by atoms with Crippen molar-refractivity contribution >= 4 is 22.7 Å². The van der Waals surface area contributed by atoms with Crippen molar-refractivity contribution < 1.29 is 0 Å². The van der Waals surface area contributed by atoms with Gasteiger partial charge in [0.1, 0.15) is 0 Å². The smallest absolute Gasteiger partial charge is 0.0372 e. The van der Waals surface area contributed by atoms with Crippen LogP contribution in [0.25, 0.3) is 0 Å². The van der Waals surface area contributed by atoms with Crippen molar-refractivity contribution in [3.63, 3.8) is 0 Å². The summed E-state index contributed by atoms with van der Waals surface area (Å²) in [5.74, 6) is 0. The van der Waals surface area contributed by atoms with E-state index in [1.807, 2.05) is 14.1 Å². The van der Waals surface area contributed by atoms with Crippen LogP contribution in [0.1, 0.15) is 11.1 Å². The second-order valence-corrected chi connectivity index (χ2v) is 5.41. The fourth-order valence-corrected chi connectivity index (χ4v) is 2.43. The first-order valence-electron chi connectivity index (χ1n) is 7.68. The van der Waals surface area contributed by atoms with Crippen LogP contribution >= 0.6 is 0 Å². The molecular weight excluding hydrogens is 272 g/mol. The van der Waals surface area contributed by atoms with Gasteiger partial charge in [-0.2, -0.15) is 0 Å². The van der Waals surface area contributed by atoms with E-state index in [4.69, 9.17) is 0 Å². The van der Waals surface area contributed by atoms with Crippen LogP contribution in [-0.4, -0.2) is 27.2 Å². The summed E-state index contributed by atoms with van der Waals surface area (Å²) in [6.07, 6.45) is 0. The highest BCUT2D eigenvalue weighted by Crippen LogP contribution is 2.20. The van der Waals surface area contributed by atoms with Gasteiger partial charge in [0, 0.05) is 49.9 Å². The molecule has 2 rings (SSSR count). The van der Waals surface area contributed by atoms with Gasteiger partial charge in [-0.3, -0.25) is 0 Å². The van der Waals surface area contributed by atoms with E-state index < -0.39 is 0 Å². The highest BCUT2D eigenvalue weighted by molar-refractivity contribution is 5.60. The molecule has 0 bridgehead atoms. The highest BCUT2D eigenvalue weighted by atomic mass is 15.0. The molecule has 0 spiro atoms. The number of anilines is 4. The minimum Gasteiger partial charge on any atom is -0.388 e. The monoisotopic (exact) mass is 298 g/mol. The third-order valence-corrected chi connectivity index (χ3v) is 3.79. The molecular formula is C18H26N4. The quantitative estimate of drug-likeness (QED) is 0.585. The molecule has 0 radical (unpaired) electrons. The molecule has 0 aliphatic carbocycles. The highest BCUT2D eigenvalue weighted by Gasteiger charge is 2.00. The zero-order valence-corrected chi connectivity index (χ0v) is 13.9. The van der Waals surface area contributed by atoms with Crippen molar-refractivity contribution in [2.75, 3.05) is 48.5 Å². The lowest BCUT2D eigenvalue weighted by Crippen LogP contribution is -2.14. The van der Waals surface area contributed by atoms with Crippen LogP contribution < -0.4 is 21.3 Å². The number of benzene rings is 2. The molecule has 0 saturated carbocycles. The molecule has 0 saturated heterocycles. The van der Waals surface area contributed by atoms with Crippen LogP contribution in [0.4, 0.5) is 22.7 Å². The molecule has 4 N–H and O–H groups in total. The van der Waals surface area contributed by atoms with E-state index in [1.54, 1.807) is 0 Å². The zero-order chi connectivity index (χ0) is 15.9. The van der Waals surface area contributed by atoms with Gasteiger partial charge in [-0.05, 0) is 61.4 Å². The van der Waals surface area contributed by atoms with Gasteiger partial charge in [-0.25, -0.2) is 0 Å².